The molecule has 0 aliphatic carbocycles. The molecule has 0 unspecified atom stereocenters. The van der Waals surface area contributed by atoms with Crippen LogP contribution in [0.3, 0.4) is 0 Å². The first kappa shape index (κ1) is 16.5. The van der Waals surface area contributed by atoms with Crippen LogP contribution >= 0.6 is 31.9 Å². The van der Waals surface area contributed by atoms with Gasteiger partial charge in [0.25, 0.3) is 0 Å². The van der Waals surface area contributed by atoms with Crippen LogP contribution in [0.25, 0.3) is 0 Å². The van der Waals surface area contributed by atoms with Crippen molar-refractivity contribution in [1.29, 1.82) is 0 Å². The van der Waals surface area contributed by atoms with E-state index in [9.17, 15) is 0 Å². The summed E-state index contributed by atoms with van der Waals surface area (Å²) in [4.78, 5) is 0. The summed E-state index contributed by atoms with van der Waals surface area (Å²) in [6.45, 7) is 6.19. The van der Waals surface area contributed by atoms with Crippen LogP contribution in [-0.4, -0.2) is 16.4 Å². The number of nitrogens with zero attached hydrogens (tertiary/aromatic N) is 2. The molecule has 0 amide bonds. The first-order chi connectivity index (χ1) is 10.0. The number of aromatic nitrogens is 2. The number of nitrogens with one attached hydrogen (secondary N) is 1. The van der Waals surface area contributed by atoms with E-state index in [2.05, 4.69) is 48.3 Å². The van der Waals surface area contributed by atoms with Crippen LogP contribution in [0, 0.1) is 6.92 Å². The lowest BCUT2D eigenvalue weighted by molar-refractivity contribution is 0.333. The highest BCUT2D eigenvalue weighted by Gasteiger charge is 2.10. The standard InChI is InChI=1S/C15H19Br2N3O/c1-4-21-15-11(5-13(16)6-14(15)17)7-18-8-12-9-20(3)19-10(12)2/h5-6,9,18H,4,7-8H2,1-3H3. The Morgan fingerprint density at radius 2 is 1.95 bits per heavy atom. The highest BCUT2D eigenvalue weighted by Crippen LogP contribution is 2.33. The first-order valence-electron chi connectivity index (χ1n) is 6.81. The van der Waals surface area contributed by atoms with Crippen LogP contribution in [0.2, 0.25) is 0 Å². The average molecular weight is 417 g/mol. The van der Waals surface area contributed by atoms with E-state index >= 15 is 0 Å². The van der Waals surface area contributed by atoms with E-state index < -0.39 is 0 Å². The second-order valence-electron chi connectivity index (χ2n) is 4.83. The van der Waals surface area contributed by atoms with E-state index in [1.807, 2.05) is 37.8 Å². The molecule has 2 aromatic rings. The van der Waals surface area contributed by atoms with Gasteiger partial charge in [0.05, 0.1) is 16.8 Å². The highest BCUT2D eigenvalue weighted by molar-refractivity contribution is 9.11. The Balaban J connectivity index is 2.07. The van der Waals surface area contributed by atoms with Crippen molar-refractivity contribution in [3.8, 4) is 5.75 Å². The molecular weight excluding hydrogens is 398 g/mol. The second-order valence-corrected chi connectivity index (χ2v) is 6.60. The summed E-state index contributed by atoms with van der Waals surface area (Å²) < 4.78 is 9.57. The third kappa shape index (κ3) is 4.31. The normalized spacial score (nSPS) is 10.9. The first-order valence-corrected chi connectivity index (χ1v) is 8.40. The second kappa shape index (κ2) is 7.42. The molecule has 0 fully saturated rings. The predicted octanol–water partition coefficient (Wildman–Crippen LogP) is 3.94. The minimum Gasteiger partial charge on any atom is -0.492 e. The van der Waals surface area contributed by atoms with Crippen LogP contribution in [-0.2, 0) is 20.1 Å². The van der Waals surface area contributed by atoms with Gasteiger partial charge in [0.15, 0.2) is 0 Å². The number of aryl methyl sites for hydroxylation is 2. The average Bonchev–Trinajstić information content (AvgIpc) is 2.72. The molecule has 0 saturated carbocycles. The molecular formula is C15H19Br2N3O. The van der Waals surface area contributed by atoms with Crippen LogP contribution in [0.15, 0.2) is 27.3 Å². The fourth-order valence-electron chi connectivity index (χ4n) is 2.20. The van der Waals surface area contributed by atoms with E-state index in [4.69, 9.17) is 4.74 Å². The lowest BCUT2D eigenvalue weighted by Gasteiger charge is -2.13. The van der Waals surface area contributed by atoms with Crippen molar-refractivity contribution in [1.82, 2.24) is 15.1 Å². The molecule has 2 rings (SSSR count). The van der Waals surface area contributed by atoms with Gasteiger partial charge in [0.1, 0.15) is 5.75 Å². The molecule has 4 nitrogen and oxygen atoms in total. The molecule has 0 radical (unpaired) electrons. The molecule has 0 aliphatic rings. The zero-order valence-corrected chi connectivity index (χ0v) is 15.6. The Labute approximate surface area is 142 Å². The van der Waals surface area contributed by atoms with Crippen LogP contribution in [0.4, 0.5) is 0 Å². The summed E-state index contributed by atoms with van der Waals surface area (Å²) in [6, 6.07) is 4.08. The SMILES string of the molecule is CCOc1c(Br)cc(Br)cc1CNCc1cn(C)nc1C. The molecule has 1 N–H and O–H groups in total. The van der Waals surface area contributed by atoms with Crippen molar-refractivity contribution >= 4 is 31.9 Å². The molecule has 0 bridgehead atoms. The highest BCUT2D eigenvalue weighted by atomic mass is 79.9. The zero-order chi connectivity index (χ0) is 15.4. The molecule has 1 heterocycles. The zero-order valence-electron chi connectivity index (χ0n) is 12.4. The molecule has 0 saturated heterocycles. The minimum atomic E-state index is 0.648. The third-order valence-electron chi connectivity index (χ3n) is 3.12. The molecule has 0 atom stereocenters. The maximum Gasteiger partial charge on any atom is 0.138 e. The van der Waals surface area contributed by atoms with Crippen LogP contribution < -0.4 is 10.1 Å². The van der Waals surface area contributed by atoms with Crippen molar-refractivity contribution in [2.75, 3.05) is 6.61 Å². The van der Waals surface area contributed by atoms with Crippen LogP contribution in [0.5, 0.6) is 5.75 Å². The Hall–Kier alpha value is -0.850. The van der Waals surface area contributed by atoms with Gasteiger partial charge in [-0.15, -0.1) is 0 Å². The molecule has 21 heavy (non-hydrogen) atoms. The van der Waals surface area contributed by atoms with Crippen molar-refractivity contribution < 1.29 is 4.74 Å². The molecule has 114 valence electrons. The van der Waals surface area contributed by atoms with Crippen molar-refractivity contribution in [2.24, 2.45) is 7.05 Å². The van der Waals surface area contributed by atoms with Crippen molar-refractivity contribution in [3.05, 3.63) is 44.1 Å². The summed E-state index contributed by atoms with van der Waals surface area (Å²) in [5.41, 5.74) is 3.40. The fraction of sp³-hybridized carbons (Fsp3) is 0.400. The predicted molar refractivity (Wildman–Crippen MR) is 91.5 cm³/mol. The Kier molecular flexibility index (Phi) is 5.84. The number of halogens is 2. The van der Waals surface area contributed by atoms with Gasteiger partial charge in [0, 0.05) is 41.9 Å². The molecule has 0 aliphatic heterocycles. The molecule has 0 spiro atoms. The monoisotopic (exact) mass is 415 g/mol. The Morgan fingerprint density at radius 1 is 1.24 bits per heavy atom. The lowest BCUT2D eigenvalue weighted by Crippen LogP contribution is -2.14. The van der Waals surface area contributed by atoms with Crippen molar-refractivity contribution in [2.45, 2.75) is 26.9 Å². The van der Waals surface area contributed by atoms with E-state index in [0.29, 0.717) is 6.61 Å². The quantitative estimate of drug-likeness (QED) is 0.774. The van der Waals surface area contributed by atoms with E-state index in [0.717, 1.165) is 39.0 Å². The van der Waals surface area contributed by atoms with Crippen molar-refractivity contribution in [3.63, 3.8) is 0 Å². The van der Waals surface area contributed by atoms with Gasteiger partial charge in [-0.2, -0.15) is 5.10 Å². The molecule has 1 aromatic heterocycles. The van der Waals surface area contributed by atoms with E-state index in [1.54, 1.807) is 0 Å². The van der Waals surface area contributed by atoms with Gasteiger partial charge in [-0.3, -0.25) is 4.68 Å². The summed E-state index contributed by atoms with van der Waals surface area (Å²) in [5, 5.41) is 7.80. The Bertz CT molecular complexity index is 626. The third-order valence-corrected chi connectivity index (χ3v) is 4.17. The topological polar surface area (TPSA) is 39.1 Å². The Morgan fingerprint density at radius 3 is 2.57 bits per heavy atom. The number of hydrogen-bond acceptors (Lipinski definition) is 3. The van der Waals surface area contributed by atoms with Gasteiger partial charge in [-0.1, -0.05) is 15.9 Å². The van der Waals surface area contributed by atoms with Gasteiger partial charge < -0.3 is 10.1 Å². The van der Waals surface area contributed by atoms with Gasteiger partial charge in [-0.05, 0) is 41.9 Å². The van der Waals surface area contributed by atoms with Gasteiger partial charge in [-0.25, -0.2) is 0 Å². The molecule has 1 aromatic carbocycles. The maximum absolute atomic E-state index is 5.73. The number of rotatable bonds is 6. The number of benzene rings is 1. The van der Waals surface area contributed by atoms with Gasteiger partial charge >= 0.3 is 0 Å². The summed E-state index contributed by atoms with van der Waals surface area (Å²) >= 11 is 7.08. The van der Waals surface area contributed by atoms with E-state index in [-0.39, 0.29) is 0 Å². The summed E-state index contributed by atoms with van der Waals surface area (Å²) in [7, 11) is 1.94. The van der Waals surface area contributed by atoms with Crippen LogP contribution in [0.1, 0.15) is 23.7 Å². The summed E-state index contributed by atoms with van der Waals surface area (Å²) in [6.07, 6.45) is 2.04. The minimum absolute atomic E-state index is 0.648. The lowest BCUT2D eigenvalue weighted by atomic mass is 10.2. The maximum atomic E-state index is 5.73. The number of hydrogen-bond donors (Lipinski definition) is 1. The van der Waals surface area contributed by atoms with Gasteiger partial charge in [0.2, 0.25) is 0 Å². The van der Waals surface area contributed by atoms with E-state index in [1.165, 1.54) is 5.56 Å². The smallest absolute Gasteiger partial charge is 0.138 e. The largest absolute Gasteiger partial charge is 0.492 e. The number of ether oxygens (including phenoxy) is 1. The molecule has 6 heteroatoms. The fourth-order valence-corrected chi connectivity index (χ4v) is 3.63. The summed E-state index contributed by atoms with van der Waals surface area (Å²) in [5.74, 6) is 0.899.